The first kappa shape index (κ1) is 26.5. The van der Waals surface area contributed by atoms with E-state index in [9.17, 15) is 14.0 Å². The largest absolute Gasteiger partial charge is 0.493 e. The highest BCUT2D eigenvalue weighted by Gasteiger charge is 2.45. The van der Waals surface area contributed by atoms with Crippen LogP contribution in [0.1, 0.15) is 49.7 Å². The van der Waals surface area contributed by atoms with Gasteiger partial charge in [0.15, 0.2) is 17.3 Å². The van der Waals surface area contributed by atoms with Crippen LogP contribution >= 0.6 is 0 Å². The third-order valence-corrected chi connectivity index (χ3v) is 6.91. The van der Waals surface area contributed by atoms with Crippen LogP contribution < -0.4 is 9.47 Å². The third kappa shape index (κ3) is 5.59. The lowest BCUT2D eigenvalue weighted by Gasteiger charge is -2.36. The Morgan fingerprint density at radius 1 is 1.03 bits per heavy atom. The zero-order valence-corrected chi connectivity index (χ0v) is 21.6. The number of hydrogen-bond acceptors (Lipinski definition) is 7. The Balaban J connectivity index is 1.71. The molecule has 7 nitrogen and oxygen atoms in total. The number of ketones is 1. The fourth-order valence-electron chi connectivity index (χ4n) is 5.20. The summed E-state index contributed by atoms with van der Waals surface area (Å²) >= 11 is 0. The highest BCUT2D eigenvalue weighted by molar-refractivity contribution is 6.09. The van der Waals surface area contributed by atoms with Crippen molar-refractivity contribution in [2.24, 2.45) is 10.9 Å². The molecule has 0 saturated carbocycles. The van der Waals surface area contributed by atoms with Crippen molar-refractivity contribution in [3.8, 4) is 11.5 Å². The monoisotopic (exact) mass is 509 g/mol. The van der Waals surface area contributed by atoms with Gasteiger partial charge in [-0.05, 0) is 61.6 Å². The van der Waals surface area contributed by atoms with E-state index in [0.717, 1.165) is 5.56 Å². The highest BCUT2D eigenvalue weighted by atomic mass is 19.1. The number of ether oxygens (including phenoxy) is 4. The number of halogens is 1. The second kappa shape index (κ2) is 11.7. The molecule has 37 heavy (non-hydrogen) atoms. The van der Waals surface area contributed by atoms with E-state index < -0.39 is 23.6 Å². The van der Waals surface area contributed by atoms with Crippen LogP contribution in [0, 0.1) is 11.7 Å². The summed E-state index contributed by atoms with van der Waals surface area (Å²) in [6.07, 6.45) is 0.743. The van der Waals surface area contributed by atoms with Gasteiger partial charge in [-0.1, -0.05) is 18.2 Å². The van der Waals surface area contributed by atoms with Gasteiger partial charge in [0, 0.05) is 35.9 Å². The van der Waals surface area contributed by atoms with Crippen molar-refractivity contribution >= 4 is 17.5 Å². The molecule has 0 N–H and O–H groups in total. The molecule has 2 aliphatic rings. The van der Waals surface area contributed by atoms with Crippen LogP contribution in [0.4, 0.5) is 4.39 Å². The number of aliphatic imine (C=N–C) groups is 1. The summed E-state index contributed by atoms with van der Waals surface area (Å²) in [5.41, 5.74) is 3.10. The maximum atomic E-state index is 14.3. The maximum Gasteiger partial charge on any atom is 0.315 e. The van der Waals surface area contributed by atoms with Gasteiger partial charge in [-0.25, -0.2) is 4.39 Å². The van der Waals surface area contributed by atoms with Gasteiger partial charge in [-0.3, -0.25) is 14.6 Å². The van der Waals surface area contributed by atoms with E-state index in [4.69, 9.17) is 23.9 Å². The molecule has 0 fully saturated rings. The Kier molecular flexibility index (Phi) is 8.38. The third-order valence-electron chi connectivity index (χ3n) is 6.91. The zero-order valence-electron chi connectivity index (χ0n) is 21.6. The molecule has 0 spiro atoms. The molecule has 3 atom stereocenters. The second-order valence-electron chi connectivity index (χ2n) is 9.13. The van der Waals surface area contributed by atoms with E-state index in [1.807, 2.05) is 25.1 Å². The number of carbonyl (C=O) groups excluding carboxylic acids is 2. The summed E-state index contributed by atoms with van der Waals surface area (Å²) in [6.45, 7) is 4.50. The molecule has 0 saturated heterocycles. The number of benzene rings is 2. The number of methoxy groups -OCH3 is 2. The molecule has 1 aliphatic carbocycles. The number of hydrogen-bond donors (Lipinski definition) is 0. The second-order valence-corrected chi connectivity index (χ2v) is 9.13. The maximum absolute atomic E-state index is 14.3. The predicted octanol–water partition coefficient (Wildman–Crippen LogP) is 5.00. The standard InChI is InChI=1S/C29H32FNO6/c1-5-36-11-12-37-29(33)26-17(2)31-22-14-20(18-9-10-24(34-3)25(16-18)35-4)15-23(32)28(22)27(26)19-7-6-8-21(30)13-19/h6-10,13,16,20,26-27H,5,11-12,14-15H2,1-4H3/t20-,26?,27+/m0/s1. The average Bonchev–Trinajstić information content (AvgIpc) is 2.89. The highest BCUT2D eigenvalue weighted by Crippen LogP contribution is 2.47. The Hall–Kier alpha value is -3.52. The van der Waals surface area contributed by atoms with E-state index >= 15 is 0 Å². The number of Topliss-reactive ketones (excluding diaryl/α,β-unsaturated/α-hetero) is 1. The molecule has 8 heteroatoms. The quantitative estimate of drug-likeness (QED) is 0.350. The topological polar surface area (TPSA) is 83.4 Å². The van der Waals surface area contributed by atoms with Crippen molar-refractivity contribution in [3.63, 3.8) is 0 Å². The lowest BCUT2D eigenvalue weighted by Crippen LogP contribution is -2.38. The SMILES string of the molecule is CCOCCOC(=O)C1C(C)=NC2=C(C(=O)C[C@@H](c3ccc(OC)c(OC)c3)C2)[C@@H]1c1cccc(F)c1. The molecule has 1 heterocycles. The van der Waals surface area contributed by atoms with Crippen molar-refractivity contribution in [1.29, 1.82) is 0 Å². The summed E-state index contributed by atoms with van der Waals surface area (Å²) in [5.74, 6) is -1.49. The molecule has 0 aromatic heterocycles. The van der Waals surface area contributed by atoms with Gasteiger partial charge in [-0.15, -0.1) is 0 Å². The molecule has 0 bridgehead atoms. The summed E-state index contributed by atoms with van der Waals surface area (Å²) in [6, 6.07) is 11.7. The van der Waals surface area contributed by atoms with Gasteiger partial charge in [-0.2, -0.15) is 0 Å². The fourth-order valence-corrected chi connectivity index (χ4v) is 5.20. The molecule has 2 aromatic rings. The fraction of sp³-hybridized carbons (Fsp3) is 0.414. The van der Waals surface area contributed by atoms with Crippen LogP contribution in [0.15, 0.2) is 58.7 Å². The van der Waals surface area contributed by atoms with Crippen molar-refractivity contribution in [1.82, 2.24) is 0 Å². The number of allylic oxidation sites excluding steroid dienone is 2. The first-order valence-electron chi connectivity index (χ1n) is 12.4. The number of nitrogens with zero attached hydrogens (tertiary/aromatic N) is 1. The van der Waals surface area contributed by atoms with Crippen molar-refractivity contribution in [2.45, 2.75) is 38.5 Å². The molecule has 2 aromatic carbocycles. The van der Waals surface area contributed by atoms with Crippen LogP contribution in [0.2, 0.25) is 0 Å². The Morgan fingerprint density at radius 3 is 2.51 bits per heavy atom. The molecule has 196 valence electrons. The van der Waals surface area contributed by atoms with Crippen molar-refractivity contribution in [3.05, 3.63) is 70.7 Å². The molecular formula is C29H32FNO6. The van der Waals surface area contributed by atoms with Gasteiger partial charge in [0.2, 0.25) is 0 Å². The number of carbonyl (C=O) groups is 2. The number of rotatable bonds is 9. The Morgan fingerprint density at radius 2 is 1.81 bits per heavy atom. The van der Waals surface area contributed by atoms with Crippen LogP contribution in [0.5, 0.6) is 11.5 Å². The summed E-state index contributed by atoms with van der Waals surface area (Å²) in [4.78, 5) is 31.7. The lowest BCUT2D eigenvalue weighted by molar-refractivity contribution is -0.148. The summed E-state index contributed by atoms with van der Waals surface area (Å²) in [5, 5.41) is 0. The van der Waals surface area contributed by atoms with E-state index in [1.165, 1.54) is 12.1 Å². The van der Waals surface area contributed by atoms with Crippen LogP contribution in [-0.2, 0) is 19.1 Å². The lowest BCUT2D eigenvalue weighted by atomic mass is 9.69. The normalized spacial score (nSPS) is 21.3. The van der Waals surface area contributed by atoms with Gasteiger partial charge in [0.05, 0.1) is 20.8 Å². The first-order chi connectivity index (χ1) is 17.9. The number of esters is 1. The molecule has 0 amide bonds. The Labute approximate surface area is 216 Å². The van der Waals surface area contributed by atoms with Crippen molar-refractivity contribution < 1.29 is 32.9 Å². The van der Waals surface area contributed by atoms with Gasteiger partial charge >= 0.3 is 5.97 Å². The molecular weight excluding hydrogens is 477 g/mol. The molecule has 4 rings (SSSR count). The van der Waals surface area contributed by atoms with E-state index in [-0.39, 0.29) is 31.3 Å². The minimum atomic E-state index is -0.830. The molecule has 1 unspecified atom stereocenters. The average molecular weight is 510 g/mol. The minimum absolute atomic E-state index is 0.0908. The predicted molar refractivity (Wildman–Crippen MR) is 137 cm³/mol. The zero-order chi connectivity index (χ0) is 26.5. The van der Waals surface area contributed by atoms with Gasteiger partial charge in [0.25, 0.3) is 0 Å². The van der Waals surface area contributed by atoms with Crippen molar-refractivity contribution in [2.75, 3.05) is 34.0 Å². The Bertz CT molecular complexity index is 1240. The first-order valence-corrected chi connectivity index (χ1v) is 12.4. The van der Waals surface area contributed by atoms with E-state index in [2.05, 4.69) is 0 Å². The van der Waals surface area contributed by atoms with E-state index in [1.54, 1.807) is 33.3 Å². The van der Waals surface area contributed by atoms with Gasteiger partial charge < -0.3 is 18.9 Å². The molecule has 0 radical (unpaired) electrons. The van der Waals surface area contributed by atoms with Gasteiger partial charge in [0.1, 0.15) is 18.3 Å². The smallest absolute Gasteiger partial charge is 0.315 e. The van der Waals surface area contributed by atoms with Crippen LogP contribution in [0.3, 0.4) is 0 Å². The van der Waals surface area contributed by atoms with Crippen LogP contribution in [-0.4, -0.2) is 51.5 Å². The van der Waals surface area contributed by atoms with Crippen LogP contribution in [0.25, 0.3) is 0 Å². The summed E-state index contributed by atoms with van der Waals surface area (Å²) < 4.78 is 35.8. The van der Waals surface area contributed by atoms with E-state index in [0.29, 0.717) is 47.1 Å². The minimum Gasteiger partial charge on any atom is -0.493 e. The molecule has 1 aliphatic heterocycles. The summed E-state index contributed by atoms with van der Waals surface area (Å²) in [7, 11) is 3.14.